The summed E-state index contributed by atoms with van der Waals surface area (Å²) in [7, 11) is 1.64. The zero-order valence-electron chi connectivity index (χ0n) is 25.8. The predicted molar refractivity (Wildman–Crippen MR) is 162 cm³/mol. The molecule has 0 aliphatic carbocycles. The Kier molecular flexibility index (Phi) is 8.36. The Hall–Kier alpha value is -3.43. The summed E-state index contributed by atoms with van der Waals surface area (Å²) in [6.07, 6.45) is 0.436. The van der Waals surface area contributed by atoms with E-state index in [0.29, 0.717) is 39.3 Å². The van der Waals surface area contributed by atoms with Crippen LogP contribution in [-0.2, 0) is 30.9 Å². The van der Waals surface area contributed by atoms with Crippen molar-refractivity contribution < 1.29 is 23.9 Å². The molecule has 42 heavy (non-hydrogen) atoms. The molecular weight excluding hydrogens is 532 g/mol. The summed E-state index contributed by atoms with van der Waals surface area (Å²) in [5.74, 6) is 0.0807. The summed E-state index contributed by atoms with van der Waals surface area (Å²) in [6, 6.07) is 16.5. The molecular formula is C33H44N4O5. The zero-order chi connectivity index (χ0) is 30.2. The Morgan fingerprint density at radius 2 is 1.69 bits per heavy atom. The number of benzene rings is 2. The third kappa shape index (κ3) is 6.17. The molecule has 5 rings (SSSR count). The van der Waals surface area contributed by atoms with Crippen molar-refractivity contribution in [2.45, 2.75) is 64.1 Å². The first-order valence-corrected chi connectivity index (χ1v) is 14.8. The summed E-state index contributed by atoms with van der Waals surface area (Å²) in [5.41, 5.74) is 3.63. The van der Waals surface area contributed by atoms with Crippen LogP contribution in [0.1, 0.15) is 51.3 Å². The number of anilines is 1. The molecule has 0 N–H and O–H groups in total. The molecule has 2 aromatic carbocycles. The first-order valence-electron chi connectivity index (χ1n) is 14.8. The van der Waals surface area contributed by atoms with Gasteiger partial charge in [-0.3, -0.25) is 14.5 Å². The fourth-order valence-electron chi connectivity index (χ4n) is 6.55. The molecule has 3 aliphatic heterocycles. The van der Waals surface area contributed by atoms with Crippen LogP contribution in [0.25, 0.3) is 0 Å². The van der Waals surface area contributed by atoms with Crippen LogP contribution < -0.4 is 4.90 Å². The van der Waals surface area contributed by atoms with Gasteiger partial charge in [-0.15, -0.1) is 0 Å². The molecule has 0 unspecified atom stereocenters. The number of rotatable bonds is 6. The number of carbonyl (C=O) groups excluding carboxylic acids is 3. The number of amides is 3. The van der Waals surface area contributed by atoms with Crippen molar-refractivity contribution >= 4 is 23.6 Å². The molecule has 2 aromatic rings. The van der Waals surface area contributed by atoms with E-state index >= 15 is 0 Å². The first kappa shape index (κ1) is 30.0. The first-order chi connectivity index (χ1) is 19.9. The third-order valence-electron chi connectivity index (χ3n) is 8.65. The van der Waals surface area contributed by atoms with Gasteiger partial charge in [-0.2, -0.15) is 0 Å². The molecule has 0 aromatic heterocycles. The highest BCUT2D eigenvalue weighted by molar-refractivity contribution is 5.98. The number of likely N-dealkylation sites (tertiary alicyclic amines) is 1. The summed E-state index contributed by atoms with van der Waals surface area (Å²) < 4.78 is 11.2. The Morgan fingerprint density at radius 3 is 2.33 bits per heavy atom. The molecule has 2 atom stereocenters. The molecule has 3 heterocycles. The molecule has 9 heteroatoms. The monoisotopic (exact) mass is 576 g/mol. The van der Waals surface area contributed by atoms with Gasteiger partial charge in [0.15, 0.2) is 0 Å². The molecule has 2 fully saturated rings. The van der Waals surface area contributed by atoms with Crippen LogP contribution in [0.2, 0.25) is 0 Å². The molecule has 226 valence electrons. The highest BCUT2D eigenvalue weighted by Gasteiger charge is 2.53. The van der Waals surface area contributed by atoms with Crippen LogP contribution in [0.4, 0.5) is 10.5 Å². The van der Waals surface area contributed by atoms with Gasteiger partial charge in [0, 0.05) is 58.5 Å². The number of carbonyl (C=O) groups is 3. The van der Waals surface area contributed by atoms with Crippen molar-refractivity contribution in [1.29, 1.82) is 0 Å². The van der Waals surface area contributed by atoms with E-state index in [-0.39, 0.29) is 42.0 Å². The van der Waals surface area contributed by atoms with Gasteiger partial charge in [0.05, 0.1) is 24.6 Å². The van der Waals surface area contributed by atoms with Crippen molar-refractivity contribution in [3.05, 3.63) is 65.2 Å². The number of nitrogens with zero attached hydrogens (tertiary/aromatic N) is 4. The van der Waals surface area contributed by atoms with Gasteiger partial charge in [-0.1, -0.05) is 42.5 Å². The van der Waals surface area contributed by atoms with Crippen molar-refractivity contribution in [3.63, 3.8) is 0 Å². The second-order valence-electron chi connectivity index (χ2n) is 13.2. The van der Waals surface area contributed by atoms with Crippen LogP contribution in [-0.4, -0.2) is 103 Å². The van der Waals surface area contributed by atoms with Crippen LogP contribution in [0.3, 0.4) is 0 Å². The lowest BCUT2D eigenvalue weighted by molar-refractivity contribution is -0.136. The second-order valence-corrected chi connectivity index (χ2v) is 13.2. The van der Waals surface area contributed by atoms with Gasteiger partial charge in [-0.25, -0.2) is 4.79 Å². The minimum atomic E-state index is -0.585. The topological polar surface area (TPSA) is 82.6 Å². The molecule has 0 saturated carbocycles. The maximum Gasteiger partial charge on any atom is 0.410 e. The highest BCUT2D eigenvalue weighted by Crippen LogP contribution is 2.47. The largest absolute Gasteiger partial charge is 0.444 e. The Labute approximate surface area is 249 Å². The number of methoxy groups -OCH3 is 1. The Bertz CT molecular complexity index is 1320. The fourth-order valence-corrected chi connectivity index (χ4v) is 6.55. The molecule has 3 amide bonds. The van der Waals surface area contributed by atoms with E-state index in [1.54, 1.807) is 18.9 Å². The van der Waals surface area contributed by atoms with Gasteiger partial charge < -0.3 is 24.2 Å². The fraction of sp³-hybridized carbons (Fsp3) is 0.545. The lowest BCUT2D eigenvalue weighted by Crippen LogP contribution is -2.64. The predicted octanol–water partition coefficient (Wildman–Crippen LogP) is 3.68. The third-order valence-corrected chi connectivity index (χ3v) is 8.65. The maximum atomic E-state index is 14.1. The number of piperazine rings is 1. The minimum absolute atomic E-state index is 0.0188. The lowest BCUT2D eigenvalue weighted by atomic mass is 9.75. The number of ether oxygens (including phenoxy) is 2. The standard InChI is InChI=1S/C33H44N4O5/c1-23-16-34(27(19-41-6)17-36(23)31(40)42-32(3,4)5)18-30(39)37-22-33(20-35(21-33)24(2)38)28-13-12-26(15-29(28)37)14-25-10-8-7-9-11-25/h7-13,15,23,27H,14,16-22H2,1-6H3/t23-,27-/m1/s1. The van der Waals surface area contributed by atoms with E-state index in [4.69, 9.17) is 9.47 Å². The molecule has 0 radical (unpaired) electrons. The van der Waals surface area contributed by atoms with Crippen LogP contribution in [0.5, 0.6) is 0 Å². The Morgan fingerprint density at radius 1 is 0.976 bits per heavy atom. The molecule has 9 nitrogen and oxygen atoms in total. The normalized spacial score (nSPS) is 21.7. The average molecular weight is 577 g/mol. The average Bonchev–Trinajstić information content (AvgIpc) is 3.24. The minimum Gasteiger partial charge on any atom is -0.444 e. The number of hydrogen-bond donors (Lipinski definition) is 0. The SMILES string of the molecule is COC[C@H]1CN(C(=O)OC(C)(C)C)[C@H](C)CN1CC(=O)N1CC2(CN(C(C)=O)C2)c2ccc(Cc3ccccc3)cc21. The van der Waals surface area contributed by atoms with Crippen molar-refractivity contribution in [1.82, 2.24) is 14.7 Å². The molecule has 0 bridgehead atoms. The van der Waals surface area contributed by atoms with Gasteiger partial charge in [0.25, 0.3) is 0 Å². The molecule has 3 aliphatic rings. The highest BCUT2D eigenvalue weighted by atomic mass is 16.6. The number of hydrogen-bond acceptors (Lipinski definition) is 6. The van der Waals surface area contributed by atoms with Crippen LogP contribution >= 0.6 is 0 Å². The van der Waals surface area contributed by atoms with Crippen LogP contribution in [0, 0.1) is 0 Å². The van der Waals surface area contributed by atoms with Crippen molar-refractivity contribution in [3.8, 4) is 0 Å². The summed E-state index contributed by atoms with van der Waals surface area (Å²) in [6.45, 7) is 12.6. The van der Waals surface area contributed by atoms with Gasteiger partial charge in [0.1, 0.15) is 5.60 Å². The lowest BCUT2D eigenvalue weighted by Gasteiger charge is -2.48. The molecule has 1 spiro atoms. The number of fused-ring (bicyclic) bond motifs is 2. The zero-order valence-corrected chi connectivity index (χ0v) is 25.8. The van der Waals surface area contributed by atoms with E-state index in [2.05, 4.69) is 35.2 Å². The second kappa shape index (κ2) is 11.7. The summed E-state index contributed by atoms with van der Waals surface area (Å²) in [5, 5.41) is 0. The van der Waals surface area contributed by atoms with Gasteiger partial charge in [0.2, 0.25) is 11.8 Å². The van der Waals surface area contributed by atoms with E-state index in [1.165, 1.54) is 5.56 Å². The summed E-state index contributed by atoms with van der Waals surface area (Å²) >= 11 is 0. The molecule has 2 saturated heterocycles. The van der Waals surface area contributed by atoms with E-state index in [0.717, 1.165) is 23.2 Å². The van der Waals surface area contributed by atoms with E-state index < -0.39 is 5.60 Å². The maximum absolute atomic E-state index is 14.1. The summed E-state index contributed by atoms with van der Waals surface area (Å²) in [4.78, 5) is 46.8. The van der Waals surface area contributed by atoms with Crippen LogP contribution in [0.15, 0.2) is 48.5 Å². The van der Waals surface area contributed by atoms with Crippen molar-refractivity contribution in [2.24, 2.45) is 0 Å². The smallest absolute Gasteiger partial charge is 0.410 e. The van der Waals surface area contributed by atoms with Crippen molar-refractivity contribution in [2.75, 3.05) is 57.9 Å². The van der Waals surface area contributed by atoms with Gasteiger partial charge in [-0.05, 0) is 56.9 Å². The quantitative estimate of drug-likeness (QED) is 0.522. The van der Waals surface area contributed by atoms with E-state index in [1.807, 2.05) is 55.7 Å². The Balaban J connectivity index is 1.36. The van der Waals surface area contributed by atoms with Gasteiger partial charge >= 0.3 is 6.09 Å². The van der Waals surface area contributed by atoms with E-state index in [9.17, 15) is 14.4 Å².